The van der Waals surface area contributed by atoms with Crippen molar-refractivity contribution in [3.05, 3.63) is 95.3 Å². The van der Waals surface area contributed by atoms with Crippen LogP contribution in [0.25, 0.3) is 0 Å². The number of halogens is 1. The highest BCUT2D eigenvalue weighted by Crippen LogP contribution is 2.40. The molecule has 9 heteroatoms. The van der Waals surface area contributed by atoms with Crippen molar-refractivity contribution in [3.8, 4) is 0 Å². The van der Waals surface area contributed by atoms with Crippen molar-refractivity contribution in [2.45, 2.75) is 44.0 Å². The molecule has 1 spiro atoms. The quantitative estimate of drug-likeness (QED) is 0.433. The van der Waals surface area contributed by atoms with Gasteiger partial charge in [0.25, 0.3) is 0 Å². The van der Waals surface area contributed by atoms with Crippen LogP contribution in [0.1, 0.15) is 40.7 Å². The average molecular weight is 559 g/mol. The van der Waals surface area contributed by atoms with Crippen molar-refractivity contribution in [1.82, 2.24) is 9.80 Å². The Bertz CT molecular complexity index is 1420. The molecule has 0 aromatic heterocycles. The van der Waals surface area contributed by atoms with Crippen LogP contribution >= 0.6 is 0 Å². The van der Waals surface area contributed by atoms with Crippen molar-refractivity contribution >= 4 is 23.3 Å². The molecule has 1 unspecified atom stereocenters. The Hall–Kier alpha value is -3.95. The minimum Gasteiger partial charge on any atom is -0.478 e. The average Bonchev–Trinajstić information content (AvgIpc) is 3.43. The fraction of sp³-hybridized carbons (Fsp3) is 0.375. The highest BCUT2D eigenvalue weighted by Gasteiger charge is 2.53. The summed E-state index contributed by atoms with van der Waals surface area (Å²) < 4.78 is 13.8. The third kappa shape index (κ3) is 5.15. The van der Waals surface area contributed by atoms with Crippen molar-refractivity contribution in [3.63, 3.8) is 0 Å². The number of carboxylic acid groups (broad SMARTS) is 1. The van der Waals surface area contributed by atoms with Crippen LogP contribution in [-0.2, 0) is 17.8 Å². The van der Waals surface area contributed by atoms with Gasteiger partial charge in [-0.05, 0) is 73.3 Å². The van der Waals surface area contributed by atoms with Crippen molar-refractivity contribution in [2.75, 3.05) is 42.6 Å². The minimum atomic E-state index is -1.02. The van der Waals surface area contributed by atoms with Crippen LogP contribution in [0.4, 0.5) is 15.8 Å². The largest absolute Gasteiger partial charge is 0.478 e. The van der Waals surface area contributed by atoms with E-state index < -0.39 is 17.7 Å². The molecule has 0 saturated carbocycles. The standard InChI is InChI=1S/C32H35FN4O4/c33-25-10-12-26(13-11-25)37-22-35(21-24-7-1-3-8-27(24)30(39)40)31(41)32(37)14-18-34(19-15-32)16-5-17-36-28-9-4-2-6-23(28)20-29(36)38/h1-4,6-13,29,38H,5,14-22H2,(H,39,40). The molecule has 2 saturated heterocycles. The molecule has 0 bridgehead atoms. The summed E-state index contributed by atoms with van der Waals surface area (Å²) in [7, 11) is 0. The first-order valence-electron chi connectivity index (χ1n) is 14.2. The molecule has 3 aliphatic rings. The van der Waals surface area contributed by atoms with Crippen LogP contribution in [-0.4, -0.2) is 76.5 Å². The van der Waals surface area contributed by atoms with E-state index in [1.807, 2.05) is 12.1 Å². The van der Waals surface area contributed by atoms with E-state index in [0.717, 1.165) is 44.0 Å². The summed E-state index contributed by atoms with van der Waals surface area (Å²) in [6, 6.07) is 21.2. The maximum absolute atomic E-state index is 14.1. The number of fused-ring (bicyclic) bond motifs is 1. The molecule has 6 rings (SSSR count). The Labute approximate surface area is 239 Å². The van der Waals surface area contributed by atoms with Crippen molar-refractivity contribution in [1.29, 1.82) is 0 Å². The predicted molar refractivity (Wildman–Crippen MR) is 154 cm³/mol. The first-order valence-corrected chi connectivity index (χ1v) is 14.2. The number of piperidine rings is 1. The lowest BCUT2D eigenvalue weighted by Gasteiger charge is -2.43. The van der Waals surface area contributed by atoms with Gasteiger partial charge in [0.05, 0.1) is 12.2 Å². The lowest BCUT2D eigenvalue weighted by atomic mass is 9.85. The fourth-order valence-electron chi connectivity index (χ4n) is 6.72. The number of hydrogen-bond donors (Lipinski definition) is 2. The molecule has 1 atom stereocenters. The SMILES string of the molecule is O=C(O)c1ccccc1CN1CN(c2ccc(F)cc2)C2(CCN(CCCN3c4ccccc4CC3O)CC2)C1=O. The molecular weight excluding hydrogens is 523 g/mol. The van der Waals surface area contributed by atoms with Crippen molar-refractivity contribution in [2.24, 2.45) is 0 Å². The van der Waals surface area contributed by atoms with E-state index >= 15 is 0 Å². The number of anilines is 2. The van der Waals surface area contributed by atoms with E-state index in [0.29, 0.717) is 31.5 Å². The number of nitrogens with zero attached hydrogens (tertiary/aromatic N) is 4. The molecular formula is C32H35FN4O4. The smallest absolute Gasteiger partial charge is 0.336 e. The van der Waals surface area contributed by atoms with E-state index in [-0.39, 0.29) is 23.8 Å². The normalized spacial score (nSPS) is 20.2. The summed E-state index contributed by atoms with van der Waals surface area (Å²) in [5, 5.41) is 20.2. The van der Waals surface area contributed by atoms with Gasteiger partial charge in [-0.1, -0.05) is 36.4 Å². The number of aliphatic hydroxyl groups is 1. The Morgan fingerprint density at radius 2 is 1.66 bits per heavy atom. The maximum Gasteiger partial charge on any atom is 0.336 e. The summed E-state index contributed by atoms with van der Waals surface area (Å²) in [6.45, 7) is 3.61. The number of carboxylic acids is 1. The van der Waals surface area contributed by atoms with Crippen LogP contribution in [0.15, 0.2) is 72.8 Å². The number of carbonyl (C=O) groups is 2. The van der Waals surface area contributed by atoms with Gasteiger partial charge in [0.1, 0.15) is 17.6 Å². The highest BCUT2D eigenvalue weighted by molar-refractivity contribution is 5.94. The number of aromatic carboxylic acids is 1. The molecule has 214 valence electrons. The number of likely N-dealkylation sites (tertiary alicyclic amines) is 1. The summed E-state index contributed by atoms with van der Waals surface area (Å²) in [4.78, 5) is 34.1. The van der Waals surface area contributed by atoms with Crippen LogP contribution in [0.5, 0.6) is 0 Å². The fourth-order valence-corrected chi connectivity index (χ4v) is 6.72. The van der Waals surface area contributed by atoms with E-state index in [4.69, 9.17) is 0 Å². The Kier molecular flexibility index (Phi) is 7.40. The van der Waals surface area contributed by atoms with Gasteiger partial charge in [-0.25, -0.2) is 9.18 Å². The number of carbonyl (C=O) groups excluding carboxylic acids is 1. The molecule has 2 fully saturated rings. The molecule has 3 aromatic rings. The molecule has 0 aliphatic carbocycles. The highest BCUT2D eigenvalue weighted by atomic mass is 19.1. The van der Waals surface area contributed by atoms with Gasteiger partial charge in [0.15, 0.2) is 0 Å². The van der Waals surface area contributed by atoms with E-state index in [1.165, 1.54) is 17.7 Å². The van der Waals surface area contributed by atoms with Gasteiger partial charge in [-0.3, -0.25) is 4.79 Å². The number of benzene rings is 3. The van der Waals surface area contributed by atoms with E-state index in [2.05, 4.69) is 26.8 Å². The van der Waals surface area contributed by atoms with Crippen LogP contribution in [0.2, 0.25) is 0 Å². The second-order valence-electron chi connectivity index (χ2n) is 11.2. The second kappa shape index (κ2) is 11.1. The molecule has 3 aliphatic heterocycles. The van der Waals surface area contributed by atoms with E-state index in [1.54, 1.807) is 41.3 Å². The summed E-state index contributed by atoms with van der Waals surface area (Å²) in [5.41, 5.74) is 3.08. The van der Waals surface area contributed by atoms with Gasteiger partial charge < -0.3 is 29.8 Å². The topological polar surface area (TPSA) is 87.6 Å². The number of para-hydroxylation sites is 1. The second-order valence-corrected chi connectivity index (χ2v) is 11.2. The minimum absolute atomic E-state index is 0.0153. The zero-order chi connectivity index (χ0) is 28.6. The summed E-state index contributed by atoms with van der Waals surface area (Å²) in [6.07, 6.45) is 2.29. The number of hydrogen-bond acceptors (Lipinski definition) is 6. The zero-order valence-corrected chi connectivity index (χ0v) is 23.0. The lowest BCUT2D eigenvalue weighted by molar-refractivity contribution is -0.134. The van der Waals surface area contributed by atoms with Crippen LogP contribution in [0.3, 0.4) is 0 Å². The zero-order valence-electron chi connectivity index (χ0n) is 23.0. The molecule has 2 N–H and O–H groups in total. The van der Waals surface area contributed by atoms with Crippen molar-refractivity contribution < 1.29 is 24.2 Å². The van der Waals surface area contributed by atoms with Gasteiger partial charge in [0.2, 0.25) is 5.91 Å². The summed E-state index contributed by atoms with van der Waals surface area (Å²) >= 11 is 0. The monoisotopic (exact) mass is 558 g/mol. The van der Waals surface area contributed by atoms with Gasteiger partial charge >= 0.3 is 5.97 Å². The first-order chi connectivity index (χ1) is 19.9. The van der Waals surface area contributed by atoms with Gasteiger partial charge in [-0.15, -0.1) is 0 Å². The molecule has 3 aromatic carbocycles. The lowest BCUT2D eigenvalue weighted by Crippen LogP contribution is -2.56. The molecule has 0 radical (unpaired) electrons. The predicted octanol–water partition coefficient (Wildman–Crippen LogP) is 3.94. The Balaban J connectivity index is 1.15. The Morgan fingerprint density at radius 1 is 0.951 bits per heavy atom. The van der Waals surface area contributed by atoms with Crippen LogP contribution < -0.4 is 9.80 Å². The molecule has 1 amide bonds. The molecule has 3 heterocycles. The van der Waals surface area contributed by atoms with Crippen LogP contribution in [0, 0.1) is 5.82 Å². The number of amides is 1. The number of rotatable bonds is 8. The van der Waals surface area contributed by atoms with Gasteiger partial charge in [-0.2, -0.15) is 0 Å². The summed E-state index contributed by atoms with van der Waals surface area (Å²) in [5.74, 6) is -1.37. The first kappa shape index (κ1) is 27.2. The number of aliphatic hydroxyl groups excluding tert-OH is 1. The van der Waals surface area contributed by atoms with Gasteiger partial charge in [0, 0.05) is 44.0 Å². The third-order valence-electron chi connectivity index (χ3n) is 8.88. The molecule has 8 nitrogen and oxygen atoms in total. The Morgan fingerprint density at radius 3 is 2.41 bits per heavy atom. The maximum atomic E-state index is 14.1. The third-order valence-corrected chi connectivity index (χ3v) is 8.88. The molecule has 41 heavy (non-hydrogen) atoms. The van der Waals surface area contributed by atoms with E-state index in [9.17, 15) is 24.2 Å².